The zero-order chi connectivity index (χ0) is 12.6. The van der Waals surface area contributed by atoms with Gasteiger partial charge in [0.05, 0.1) is 6.04 Å². The minimum atomic E-state index is -1.24. The molecule has 0 bridgehead atoms. The Balaban J connectivity index is 2.43. The molecule has 0 saturated heterocycles. The standard InChI is InChI=1S/C12H10F3NO/c1-6-2-3-11(17-6)12(16)7-4-9(14)10(15)5-8(7)13/h2-5,12H,16H2,1H3. The number of halogens is 3. The van der Waals surface area contributed by atoms with E-state index in [2.05, 4.69) is 0 Å². The lowest BCUT2D eigenvalue weighted by Gasteiger charge is -2.10. The zero-order valence-corrected chi connectivity index (χ0v) is 9.01. The lowest BCUT2D eigenvalue weighted by molar-refractivity contribution is 0.451. The summed E-state index contributed by atoms with van der Waals surface area (Å²) in [5.41, 5.74) is 5.59. The Morgan fingerprint density at radius 3 is 2.29 bits per heavy atom. The Bertz CT molecular complexity index is 551. The second-order valence-electron chi connectivity index (χ2n) is 3.71. The van der Waals surface area contributed by atoms with Crippen molar-refractivity contribution in [3.8, 4) is 0 Å². The Kier molecular flexibility index (Phi) is 2.93. The van der Waals surface area contributed by atoms with Crippen LogP contribution < -0.4 is 5.73 Å². The van der Waals surface area contributed by atoms with Gasteiger partial charge in [-0.1, -0.05) is 0 Å². The van der Waals surface area contributed by atoms with Crippen LogP contribution in [-0.2, 0) is 0 Å². The average Bonchev–Trinajstić information content (AvgIpc) is 2.69. The van der Waals surface area contributed by atoms with Crippen molar-refractivity contribution in [2.75, 3.05) is 0 Å². The predicted molar refractivity (Wildman–Crippen MR) is 55.8 cm³/mol. The third kappa shape index (κ3) is 2.19. The molecule has 0 aliphatic rings. The molecule has 0 spiro atoms. The summed E-state index contributed by atoms with van der Waals surface area (Å²) in [5.74, 6) is -2.37. The van der Waals surface area contributed by atoms with Crippen LogP contribution in [-0.4, -0.2) is 0 Å². The van der Waals surface area contributed by atoms with E-state index in [0.29, 0.717) is 17.6 Å². The molecule has 2 nitrogen and oxygen atoms in total. The van der Waals surface area contributed by atoms with E-state index in [1.54, 1.807) is 19.1 Å². The van der Waals surface area contributed by atoms with E-state index in [0.717, 1.165) is 6.07 Å². The van der Waals surface area contributed by atoms with E-state index in [4.69, 9.17) is 10.2 Å². The van der Waals surface area contributed by atoms with Gasteiger partial charge in [-0.15, -0.1) is 0 Å². The van der Waals surface area contributed by atoms with Crippen molar-refractivity contribution in [1.82, 2.24) is 0 Å². The van der Waals surface area contributed by atoms with Gasteiger partial charge in [0.2, 0.25) is 0 Å². The number of rotatable bonds is 2. The van der Waals surface area contributed by atoms with E-state index in [1.165, 1.54) is 0 Å². The third-order valence-electron chi connectivity index (χ3n) is 2.44. The van der Waals surface area contributed by atoms with Crippen LogP contribution >= 0.6 is 0 Å². The van der Waals surface area contributed by atoms with Gasteiger partial charge in [0, 0.05) is 11.6 Å². The molecule has 2 aromatic rings. The van der Waals surface area contributed by atoms with Crippen molar-refractivity contribution in [1.29, 1.82) is 0 Å². The Hall–Kier alpha value is -1.75. The van der Waals surface area contributed by atoms with Crippen LogP contribution in [0, 0.1) is 24.4 Å². The smallest absolute Gasteiger partial charge is 0.161 e. The normalized spacial score (nSPS) is 12.8. The summed E-state index contributed by atoms with van der Waals surface area (Å²) in [4.78, 5) is 0. The van der Waals surface area contributed by atoms with Gasteiger partial charge in [0.25, 0.3) is 0 Å². The van der Waals surface area contributed by atoms with Crippen LogP contribution in [0.5, 0.6) is 0 Å². The molecule has 1 unspecified atom stereocenters. The Morgan fingerprint density at radius 2 is 1.71 bits per heavy atom. The largest absolute Gasteiger partial charge is 0.464 e. The first-order valence-electron chi connectivity index (χ1n) is 4.95. The fraction of sp³-hybridized carbons (Fsp3) is 0.167. The lowest BCUT2D eigenvalue weighted by Crippen LogP contribution is -2.13. The molecule has 1 heterocycles. The third-order valence-corrected chi connectivity index (χ3v) is 2.44. The fourth-order valence-corrected chi connectivity index (χ4v) is 1.55. The first-order chi connectivity index (χ1) is 7.99. The molecule has 0 aliphatic carbocycles. The molecule has 5 heteroatoms. The van der Waals surface area contributed by atoms with Gasteiger partial charge >= 0.3 is 0 Å². The minimum Gasteiger partial charge on any atom is -0.464 e. The summed E-state index contributed by atoms with van der Waals surface area (Å²) in [7, 11) is 0. The molecule has 1 aromatic heterocycles. The number of nitrogens with two attached hydrogens (primary N) is 1. The Morgan fingerprint density at radius 1 is 1.06 bits per heavy atom. The summed E-state index contributed by atoms with van der Waals surface area (Å²) in [6.45, 7) is 1.71. The number of hydrogen-bond acceptors (Lipinski definition) is 2. The quantitative estimate of drug-likeness (QED) is 0.821. The summed E-state index contributed by atoms with van der Waals surface area (Å²) in [5, 5.41) is 0. The van der Waals surface area contributed by atoms with Crippen molar-refractivity contribution >= 4 is 0 Å². The van der Waals surface area contributed by atoms with E-state index in [1.807, 2.05) is 0 Å². The second-order valence-corrected chi connectivity index (χ2v) is 3.71. The molecule has 0 fully saturated rings. The number of furan rings is 1. The molecule has 0 radical (unpaired) electrons. The highest BCUT2D eigenvalue weighted by atomic mass is 19.2. The Labute approximate surface area is 95.8 Å². The van der Waals surface area contributed by atoms with Crippen molar-refractivity contribution in [3.63, 3.8) is 0 Å². The highest BCUT2D eigenvalue weighted by molar-refractivity contribution is 5.29. The molecule has 0 saturated carbocycles. The molecule has 2 rings (SSSR count). The van der Waals surface area contributed by atoms with Crippen LogP contribution in [0.3, 0.4) is 0 Å². The minimum absolute atomic E-state index is 0.141. The predicted octanol–water partition coefficient (Wildman–Crippen LogP) is 3.05. The van der Waals surface area contributed by atoms with E-state index >= 15 is 0 Å². The maximum atomic E-state index is 13.4. The molecule has 90 valence electrons. The van der Waals surface area contributed by atoms with Gasteiger partial charge in [0.15, 0.2) is 11.6 Å². The van der Waals surface area contributed by atoms with Crippen molar-refractivity contribution < 1.29 is 17.6 Å². The number of hydrogen-bond donors (Lipinski definition) is 1. The maximum Gasteiger partial charge on any atom is 0.161 e. The van der Waals surface area contributed by atoms with Crippen LogP contribution in [0.4, 0.5) is 13.2 Å². The molecule has 0 aliphatic heterocycles. The first-order valence-corrected chi connectivity index (χ1v) is 4.95. The van der Waals surface area contributed by atoms with E-state index in [-0.39, 0.29) is 5.56 Å². The van der Waals surface area contributed by atoms with E-state index in [9.17, 15) is 13.2 Å². The van der Waals surface area contributed by atoms with Crippen molar-refractivity contribution in [2.45, 2.75) is 13.0 Å². The first kappa shape index (κ1) is 11.7. The van der Waals surface area contributed by atoms with Crippen LogP contribution in [0.2, 0.25) is 0 Å². The zero-order valence-electron chi connectivity index (χ0n) is 9.01. The second kappa shape index (κ2) is 4.25. The molecule has 1 atom stereocenters. The number of benzene rings is 1. The lowest BCUT2D eigenvalue weighted by atomic mass is 10.0. The van der Waals surface area contributed by atoms with Gasteiger partial charge in [-0.05, 0) is 25.1 Å². The summed E-state index contributed by atoms with van der Waals surface area (Å²) < 4.78 is 44.4. The van der Waals surface area contributed by atoms with Gasteiger partial charge in [-0.2, -0.15) is 0 Å². The summed E-state index contributed by atoms with van der Waals surface area (Å²) in [6, 6.07) is 3.49. The van der Waals surface area contributed by atoms with Gasteiger partial charge in [0.1, 0.15) is 17.3 Å². The van der Waals surface area contributed by atoms with Crippen molar-refractivity contribution in [3.05, 3.63) is 58.8 Å². The highest BCUT2D eigenvalue weighted by Crippen LogP contribution is 2.25. The topological polar surface area (TPSA) is 39.2 Å². The highest BCUT2D eigenvalue weighted by Gasteiger charge is 2.19. The van der Waals surface area contributed by atoms with Crippen LogP contribution in [0.25, 0.3) is 0 Å². The fourth-order valence-electron chi connectivity index (χ4n) is 1.55. The molecule has 2 N–H and O–H groups in total. The molecular formula is C12H10F3NO. The average molecular weight is 241 g/mol. The monoisotopic (exact) mass is 241 g/mol. The van der Waals surface area contributed by atoms with Crippen LogP contribution in [0.1, 0.15) is 23.1 Å². The summed E-state index contributed by atoms with van der Waals surface area (Å²) >= 11 is 0. The molecule has 0 amide bonds. The summed E-state index contributed by atoms with van der Waals surface area (Å²) in [6.07, 6.45) is 0. The van der Waals surface area contributed by atoms with Gasteiger partial charge in [-0.25, -0.2) is 13.2 Å². The molecule has 17 heavy (non-hydrogen) atoms. The molecule has 1 aromatic carbocycles. The van der Waals surface area contributed by atoms with Crippen LogP contribution in [0.15, 0.2) is 28.7 Å². The molecular weight excluding hydrogens is 231 g/mol. The van der Waals surface area contributed by atoms with Crippen molar-refractivity contribution in [2.24, 2.45) is 5.73 Å². The van der Waals surface area contributed by atoms with Gasteiger partial charge in [-0.3, -0.25) is 0 Å². The van der Waals surface area contributed by atoms with Gasteiger partial charge < -0.3 is 10.2 Å². The maximum absolute atomic E-state index is 13.4. The number of aryl methyl sites for hydroxylation is 1. The SMILES string of the molecule is Cc1ccc(C(N)c2cc(F)c(F)cc2F)o1. The van der Waals surface area contributed by atoms with E-state index < -0.39 is 23.5 Å².